The summed E-state index contributed by atoms with van der Waals surface area (Å²) in [7, 11) is 0. The molecule has 5 heteroatoms. The third-order valence-corrected chi connectivity index (χ3v) is 6.81. The van der Waals surface area contributed by atoms with Crippen LogP contribution in [0.25, 0.3) is 0 Å². The highest BCUT2D eigenvalue weighted by molar-refractivity contribution is 6.22. The van der Waals surface area contributed by atoms with Crippen molar-refractivity contribution in [3.63, 3.8) is 0 Å². The van der Waals surface area contributed by atoms with Crippen LogP contribution in [0, 0.1) is 35.5 Å². The second-order valence-corrected chi connectivity index (χ2v) is 8.22. The zero-order valence-corrected chi connectivity index (χ0v) is 15.2. The number of benzene rings is 2. The van der Waals surface area contributed by atoms with Gasteiger partial charge >= 0.3 is 0 Å². The summed E-state index contributed by atoms with van der Waals surface area (Å²) in [4.78, 5) is 27.7. The van der Waals surface area contributed by atoms with E-state index < -0.39 is 0 Å². The Morgan fingerprint density at radius 1 is 0.714 bits per heavy atom. The van der Waals surface area contributed by atoms with E-state index in [1.165, 1.54) is 11.3 Å². The second kappa shape index (κ2) is 5.71. The molecular formula is C23H19N3O2. The van der Waals surface area contributed by atoms with Crippen LogP contribution in [0.2, 0.25) is 0 Å². The molecule has 5 aliphatic rings. The van der Waals surface area contributed by atoms with Gasteiger partial charge in [-0.15, -0.1) is 0 Å². The van der Waals surface area contributed by atoms with Gasteiger partial charge in [0.2, 0.25) is 11.8 Å². The number of anilines is 1. The zero-order chi connectivity index (χ0) is 18.8. The van der Waals surface area contributed by atoms with Gasteiger partial charge in [0.1, 0.15) is 0 Å². The van der Waals surface area contributed by atoms with Gasteiger partial charge in [-0.3, -0.25) is 14.5 Å². The molecule has 0 spiro atoms. The van der Waals surface area contributed by atoms with Crippen LogP contribution in [0.1, 0.15) is 6.42 Å². The molecule has 2 amide bonds. The minimum atomic E-state index is -0.163. The number of carbonyl (C=O) groups excluding carboxylic acids is 2. The Morgan fingerprint density at radius 2 is 1.25 bits per heavy atom. The molecule has 0 N–H and O–H groups in total. The van der Waals surface area contributed by atoms with Gasteiger partial charge in [0.05, 0.1) is 28.9 Å². The molecule has 6 atom stereocenters. The van der Waals surface area contributed by atoms with Gasteiger partial charge < -0.3 is 0 Å². The van der Waals surface area contributed by atoms with E-state index >= 15 is 0 Å². The van der Waals surface area contributed by atoms with Crippen molar-refractivity contribution < 1.29 is 9.59 Å². The first-order valence-corrected chi connectivity index (χ1v) is 9.85. The highest BCUT2D eigenvalue weighted by Crippen LogP contribution is 2.65. The summed E-state index contributed by atoms with van der Waals surface area (Å²) in [6.07, 6.45) is 5.57. The van der Waals surface area contributed by atoms with Crippen LogP contribution in [-0.4, -0.2) is 11.8 Å². The van der Waals surface area contributed by atoms with E-state index in [2.05, 4.69) is 22.4 Å². The lowest BCUT2D eigenvalue weighted by Gasteiger charge is -2.37. The molecule has 2 aromatic rings. The van der Waals surface area contributed by atoms with Crippen molar-refractivity contribution in [1.82, 2.24) is 0 Å². The molecule has 138 valence electrons. The molecule has 4 aliphatic carbocycles. The summed E-state index contributed by atoms with van der Waals surface area (Å²) < 4.78 is 0. The quantitative estimate of drug-likeness (QED) is 0.449. The van der Waals surface area contributed by atoms with E-state index in [0.717, 1.165) is 5.69 Å². The maximum absolute atomic E-state index is 13.1. The third kappa shape index (κ3) is 2.19. The van der Waals surface area contributed by atoms with Crippen LogP contribution in [-0.2, 0) is 9.59 Å². The summed E-state index contributed by atoms with van der Waals surface area (Å²) in [5, 5.41) is 8.43. The van der Waals surface area contributed by atoms with Crippen molar-refractivity contribution in [2.75, 3.05) is 4.90 Å². The highest BCUT2D eigenvalue weighted by Gasteiger charge is 2.67. The molecule has 28 heavy (non-hydrogen) atoms. The topological polar surface area (TPSA) is 62.1 Å². The van der Waals surface area contributed by atoms with Crippen molar-refractivity contribution in [2.24, 2.45) is 45.7 Å². The normalized spacial score (nSPS) is 34.8. The molecule has 2 aromatic carbocycles. The van der Waals surface area contributed by atoms with Crippen molar-refractivity contribution in [3.8, 4) is 0 Å². The molecule has 1 heterocycles. The maximum atomic E-state index is 13.1. The second-order valence-electron chi connectivity index (χ2n) is 8.22. The van der Waals surface area contributed by atoms with Crippen LogP contribution < -0.4 is 4.90 Å². The lowest BCUT2D eigenvalue weighted by Crippen LogP contribution is -2.40. The van der Waals surface area contributed by atoms with Gasteiger partial charge in [0.15, 0.2) is 0 Å². The van der Waals surface area contributed by atoms with Crippen molar-refractivity contribution in [2.45, 2.75) is 6.42 Å². The Bertz CT molecular complexity index is 992. The lowest BCUT2D eigenvalue weighted by atomic mass is 9.63. The SMILES string of the molecule is O=C1[C@@H]2[C@H]3C=C[C@@H]([C@@H]4C[C@@H]34)[C@@H]2C(=O)N1c1ccc(N=Nc2ccccc2)cc1. The minimum Gasteiger partial charge on any atom is -0.274 e. The van der Waals surface area contributed by atoms with Crippen LogP contribution in [0.4, 0.5) is 17.1 Å². The Balaban J connectivity index is 1.26. The average molecular weight is 369 g/mol. The Labute approximate surface area is 162 Å². The van der Waals surface area contributed by atoms with Gasteiger partial charge in [0.25, 0.3) is 0 Å². The van der Waals surface area contributed by atoms with Gasteiger partial charge in [-0.1, -0.05) is 30.4 Å². The van der Waals surface area contributed by atoms with E-state index in [0.29, 0.717) is 23.2 Å². The maximum Gasteiger partial charge on any atom is 0.238 e. The predicted octanol–water partition coefficient (Wildman–Crippen LogP) is 4.66. The Kier molecular flexibility index (Phi) is 3.25. The molecular weight excluding hydrogens is 350 g/mol. The molecule has 1 saturated heterocycles. The number of allylic oxidation sites excluding steroid dienone is 2. The highest BCUT2D eigenvalue weighted by atomic mass is 16.2. The number of nitrogens with zero attached hydrogens (tertiary/aromatic N) is 3. The van der Waals surface area contributed by atoms with Crippen molar-refractivity contribution in [1.29, 1.82) is 0 Å². The average Bonchev–Trinajstić information content (AvgIpc) is 3.52. The van der Waals surface area contributed by atoms with Gasteiger partial charge in [-0.2, -0.15) is 10.2 Å². The number of carbonyl (C=O) groups is 2. The fraction of sp³-hybridized carbons (Fsp3) is 0.304. The van der Waals surface area contributed by atoms with E-state index in [9.17, 15) is 9.59 Å². The van der Waals surface area contributed by atoms with Crippen LogP contribution in [0.5, 0.6) is 0 Å². The van der Waals surface area contributed by atoms with Crippen LogP contribution in [0.15, 0.2) is 77.0 Å². The number of imide groups is 1. The van der Waals surface area contributed by atoms with Gasteiger partial charge in [-0.05, 0) is 66.5 Å². The Hall–Kier alpha value is -3.08. The zero-order valence-electron chi connectivity index (χ0n) is 15.2. The van der Waals surface area contributed by atoms with Crippen molar-refractivity contribution in [3.05, 3.63) is 66.7 Å². The first kappa shape index (κ1) is 15.9. The standard InChI is InChI=1S/C23H19N3O2/c27-22-20-16-10-11-17(19-12-18(16)19)21(20)23(28)26(22)15-8-6-14(7-9-15)25-24-13-4-2-1-3-5-13/h1-11,16-21H,12H2/t16-,17-,18-,19-,20-,21+/m0/s1. The number of hydrogen-bond donors (Lipinski definition) is 0. The number of amides is 2. The molecule has 0 unspecified atom stereocenters. The van der Waals surface area contributed by atoms with Crippen LogP contribution >= 0.6 is 0 Å². The largest absolute Gasteiger partial charge is 0.274 e. The van der Waals surface area contributed by atoms with Crippen molar-refractivity contribution >= 4 is 28.9 Å². The summed E-state index contributed by atoms with van der Waals surface area (Å²) >= 11 is 0. The molecule has 0 radical (unpaired) electrons. The summed E-state index contributed by atoms with van der Waals surface area (Å²) in [6, 6.07) is 16.7. The van der Waals surface area contributed by atoms with E-state index in [4.69, 9.17) is 0 Å². The van der Waals surface area contributed by atoms with E-state index in [-0.39, 0.29) is 35.5 Å². The first-order chi connectivity index (χ1) is 13.7. The Morgan fingerprint density at radius 3 is 1.82 bits per heavy atom. The fourth-order valence-corrected chi connectivity index (χ4v) is 5.49. The lowest BCUT2D eigenvalue weighted by molar-refractivity contribution is -0.124. The van der Waals surface area contributed by atoms with Gasteiger partial charge in [-0.25, -0.2) is 0 Å². The summed E-state index contributed by atoms with van der Waals surface area (Å²) in [5.41, 5.74) is 2.10. The molecule has 0 aromatic heterocycles. The molecule has 2 saturated carbocycles. The summed E-state index contributed by atoms with van der Waals surface area (Å²) in [5.74, 6) is 1.35. The minimum absolute atomic E-state index is 0.0293. The predicted molar refractivity (Wildman–Crippen MR) is 104 cm³/mol. The third-order valence-electron chi connectivity index (χ3n) is 6.81. The van der Waals surface area contributed by atoms with E-state index in [1.54, 1.807) is 24.3 Å². The number of rotatable bonds is 3. The molecule has 7 rings (SSSR count). The summed E-state index contributed by atoms with van der Waals surface area (Å²) in [6.45, 7) is 0. The molecule has 3 fully saturated rings. The first-order valence-electron chi connectivity index (χ1n) is 9.85. The fourth-order valence-electron chi connectivity index (χ4n) is 5.49. The monoisotopic (exact) mass is 369 g/mol. The smallest absolute Gasteiger partial charge is 0.238 e. The molecule has 2 bridgehead atoms. The molecule has 1 aliphatic heterocycles. The number of azo groups is 1. The van der Waals surface area contributed by atoms with E-state index in [1.807, 2.05) is 30.3 Å². The number of hydrogen-bond acceptors (Lipinski definition) is 4. The van der Waals surface area contributed by atoms with Crippen LogP contribution in [0.3, 0.4) is 0 Å². The molecule has 5 nitrogen and oxygen atoms in total. The van der Waals surface area contributed by atoms with Gasteiger partial charge in [0, 0.05) is 0 Å².